The largest absolute Gasteiger partial charge is 0.438 e. The Kier molecular flexibility index (Phi) is 4.52. The molecular formula is C13H22N4O3. The van der Waals surface area contributed by atoms with Crippen LogP contribution in [-0.2, 0) is 10.8 Å². The third kappa shape index (κ3) is 4.64. The fourth-order valence-corrected chi connectivity index (χ4v) is 1.16. The van der Waals surface area contributed by atoms with Gasteiger partial charge in [0, 0.05) is 17.8 Å². The Morgan fingerprint density at radius 2 is 1.55 bits per heavy atom. The number of aromatic nitrogens is 4. The summed E-state index contributed by atoms with van der Waals surface area (Å²) in [6.07, 6.45) is 0. The van der Waals surface area contributed by atoms with Gasteiger partial charge in [0.25, 0.3) is 0 Å². The van der Waals surface area contributed by atoms with E-state index in [0.29, 0.717) is 11.7 Å². The SMILES string of the molecule is CC(C)(C)c1noc(=O)[nH]1.Cc1nc(C(C)(C)C)no1. The van der Waals surface area contributed by atoms with Gasteiger partial charge in [0.2, 0.25) is 5.89 Å². The molecule has 7 heteroatoms. The van der Waals surface area contributed by atoms with Crippen LogP contribution in [-0.4, -0.2) is 20.3 Å². The Morgan fingerprint density at radius 1 is 0.950 bits per heavy atom. The lowest BCUT2D eigenvalue weighted by molar-refractivity contribution is 0.369. The first kappa shape index (κ1) is 16.1. The van der Waals surface area contributed by atoms with Crippen LogP contribution in [0.2, 0.25) is 0 Å². The molecule has 0 atom stereocenters. The highest BCUT2D eigenvalue weighted by atomic mass is 16.5. The zero-order valence-corrected chi connectivity index (χ0v) is 13.1. The fraction of sp³-hybridized carbons (Fsp3) is 0.692. The van der Waals surface area contributed by atoms with Crippen molar-refractivity contribution in [2.45, 2.75) is 59.3 Å². The van der Waals surface area contributed by atoms with E-state index in [4.69, 9.17) is 4.52 Å². The topological polar surface area (TPSA) is 97.8 Å². The van der Waals surface area contributed by atoms with Gasteiger partial charge < -0.3 is 4.52 Å². The predicted octanol–water partition coefficient (Wildman–Crippen LogP) is 2.34. The molecule has 0 radical (unpaired) electrons. The molecule has 0 fully saturated rings. The van der Waals surface area contributed by atoms with E-state index in [0.717, 1.165) is 5.82 Å². The monoisotopic (exact) mass is 282 g/mol. The highest BCUT2D eigenvalue weighted by molar-refractivity contribution is 4.98. The van der Waals surface area contributed by atoms with Crippen molar-refractivity contribution in [3.8, 4) is 0 Å². The van der Waals surface area contributed by atoms with Gasteiger partial charge in [-0.15, -0.1) is 0 Å². The molecule has 7 nitrogen and oxygen atoms in total. The summed E-state index contributed by atoms with van der Waals surface area (Å²) in [5, 5.41) is 7.34. The van der Waals surface area contributed by atoms with Gasteiger partial charge in [0.1, 0.15) is 0 Å². The summed E-state index contributed by atoms with van der Waals surface area (Å²) in [6.45, 7) is 13.8. The zero-order valence-electron chi connectivity index (χ0n) is 13.1. The van der Waals surface area contributed by atoms with Gasteiger partial charge in [-0.2, -0.15) is 4.98 Å². The minimum atomic E-state index is -0.495. The highest BCUT2D eigenvalue weighted by Crippen LogP contribution is 2.17. The first-order chi connectivity index (χ1) is 9.00. The Hall–Kier alpha value is -1.92. The number of hydrogen-bond acceptors (Lipinski definition) is 6. The second kappa shape index (κ2) is 5.60. The standard InChI is InChI=1S/C7H12N2O.C6H10N2O2/c1-5-8-6(9-10-5)7(2,3)4;1-6(2,3)4-7-5(9)10-8-4/h1-4H3;1-3H3,(H,7,8,9). The number of aromatic amines is 1. The third-order valence-electron chi connectivity index (χ3n) is 2.35. The van der Waals surface area contributed by atoms with Gasteiger partial charge in [0.15, 0.2) is 11.6 Å². The van der Waals surface area contributed by atoms with Crippen molar-refractivity contribution in [1.82, 2.24) is 20.3 Å². The molecule has 2 rings (SSSR count). The molecule has 2 aromatic rings. The minimum absolute atomic E-state index is 0.00222. The molecule has 2 heterocycles. The molecule has 0 aliphatic rings. The molecule has 112 valence electrons. The van der Waals surface area contributed by atoms with Crippen LogP contribution >= 0.6 is 0 Å². The van der Waals surface area contributed by atoms with Crippen LogP contribution in [0.1, 0.15) is 59.1 Å². The lowest BCUT2D eigenvalue weighted by Gasteiger charge is -2.11. The number of hydrogen-bond donors (Lipinski definition) is 1. The summed E-state index contributed by atoms with van der Waals surface area (Å²) >= 11 is 0. The van der Waals surface area contributed by atoms with Gasteiger partial charge in [-0.1, -0.05) is 51.9 Å². The molecule has 0 saturated carbocycles. The molecule has 1 N–H and O–H groups in total. The van der Waals surface area contributed by atoms with Crippen molar-refractivity contribution in [2.24, 2.45) is 0 Å². The Labute approximate surface area is 117 Å². The highest BCUT2D eigenvalue weighted by Gasteiger charge is 2.19. The van der Waals surface area contributed by atoms with Crippen molar-refractivity contribution in [3.63, 3.8) is 0 Å². The van der Waals surface area contributed by atoms with E-state index < -0.39 is 5.76 Å². The van der Waals surface area contributed by atoms with E-state index in [1.807, 2.05) is 20.8 Å². The molecule has 0 spiro atoms. The maximum Gasteiger partial charge on any atom is 0.438 e. The van der Waals surface area contributed by atoms with Crippen LogP contribution in [0.15, 0.2) is 13.8 Å². The van der Waals surface area contributed by atoms with Crippen molar-refractivity contribution < 1.29 is 9.05 Å². The minimum Gasteiger partial charge on any atom is -0.340 e. The molecule has 0 bridgehead atoms. The summed E-state index contributed by atoms with van der Waals surface area (Å²) in [7, 11) is 0. The molecule has 0 aliphatic heterocycles. The van der Waals surface area contributed by atoms with Crippen LogP contribution < -0.4 is 5.76 Å². The van der Waals surface area contributed by atoms with E-state index >= 15 is 0 Å². The molecule has 0 saturated heterocycles. The van der Waals surface area contributed by atoms with Crippen LogP contribution in [0.25, 0.3) is 0 Å². The maximum absolute atomic E-state index is 10.5. The summed E-state index contributed by atoms with van der Waals surface area (Å²) in [5.41, 5.74) is -0.149. The number of nitrogens with one attached hydrogen (secondary N) is 1. The van der Waals surface area contributed by atoms with E-state index in [9.17, 15) is 4.79 Å². The molecule has 0 aliphatic carbocycles. The van der Waals surface area contributed by atoms with Crippen molar-refractivity contribution in [3.05, 3.63) is 28.1 Å². The number of rotatable bonds is 0. The molecule has 0 amide bonds. The first-order valence-corrected chi connectivity index (χ1v) is 6.37. The van der Waals surface area contributed by atoms with E-state index in [1.54, 1.807) is 6.92 Å². The molecule has 0 aromatic carbocycles. The lowest BCUT2D eigenvalue weighted by atomic mass is 9.96. The number of H-pyrrole nitrogens is 1. The summed E-state index contributed by atoms with van der Waals surface area (Å²) in [5.74, 6) is 1.48. The Morgan fingerprint density at radius 3 is 1.75 bits per heavy atom. The summed E-state index contributed by atoms with van der Waals surface area (Å²) < 4.78 is 9.16. The van der Waals surface area contributed by atoms with Crippen LogP contribution in [0, 0.1) is 6.92 Å². The van der Waals surface area contributed by atoms with Gasteiger partial charge in [-0.05, 0) is 0 Å². The van der Waals surface area contributed by atoms with E-state index in [1.165, 1.54) is 0 Å². The summed E-state index contributed by atoms with van der Waals surface area (Å²) in [4.78, 5) is 17.0. The molecule has 0 unspecified atom stereocenters. The van der Waals surface area contributed by atoms with Gasteiger partial charge in [0.05, 0.1) is 0 Å². The quantitative estimate of drug-likeness (QED) is 0.796. The van der Waals surface area contributed by atoms with E-state index in [-0.39, 0.29) is 10.8 Å². The average molecular weight is 282 g/mol. The smallest absolute Gasteiger partial charge is 0.340 e. The predicted molar refractivity (Wildman–Crippen MR) is 73.6 cm³/mol. The van der Waals surface area contributed by atoms with Gasteiger partial charge in [-0.3, -0.25) is 9.51 Å². The number of nitrogens with zero attached hydrogens (tertiary/aromatic N) is 3. The van der Waals surface area contributed by atoms with Crippen LogP contribution in [0.3, 0.4) is 0 Å². The molecular weight excluding hydrogens is 260 g/mol. The molecule has 2 aromatic heterocycles. The lowest BCUT2D eigenvalue weighted by Crippen LogP contribution is -2.14. The second-order valence-electron chi connectivity index (χ2n) is 6.58. The fourth-order valence-electron chi connectivity index (χ4n) is 1.16. The normalized spacial score (nSPS) is 11.9. The van der Waals surface area contributed by atoms with Crippen LogP contribution in [0.4, 0.5) is 0 Å². The Balaban J connectivity index is 0.000000200. The zero-order chi connectivity index (χ0) is 15.6. The van der Waals surface area contributed by atoms with Gasteiger partial charge in [-0.25, -0.2) is 4.79 Å². The molecule has 20 heavy (non-hydrogen) atoms. The van der Waals surface area contributed by atoms with E-state index in [2.05, 4.69) is 45.6 Å². The summed E-state index contributed by atoms with van der Waals surface area (Å²) in [6, 6.07) is 0. The number of aryl methyl sites for hydroxylation is 1. The Bertz CT molecular complexity index is 596. The third-order valence-corrected chi connectivity index (χ3v) is 2.35. The van der Waals surface area contributed by atoms with Crippen molar-refractivity contribution in [2.75, 3.05) is 0 Å². The first-order valence-electron chi connectivity index (χ1n) is 6.37. The van der Waals surface area contributed by atoms with Crippen molar-refractivity contribution >= 4 is 0 Å². The van der Waals surface area contributed by atoms with Gasteiger partial charge >= 0.3 is 5.76 Å². The second-order valence-corrected chi connectivity index (χ2v) is 6.58. The average Bonchev–Trinajstić information content (AvgIpc) is 2.85. The van der Waals surface area contributed by atoms with Crippen molar-refractivity contribution in [1.29, 1.82) is 0 Å². The van der Waals surface area contributed by atoms with Crippen LogP contribution in [0.5, 0.6) is 0 Å². The maximum atomic E-state index is 10.5.